The molecule has 0 saturated carbocycles. The smallest absolute Gasteiger partial charge is 0.264 e. The Morgan fingerprint density at radius 2 is 1.80 bits per heavy atom. The highest BCUT2D eigenvalue weighted by atomic mass is 35.5. The predicted molar refractivity (Wildman–Crippen MR) is 78.0 cm³/mol. The molecule has 0 heterocycles. The Kier molecular flexibility index (Phi) is 4.30. The van der Waals surface area contributed by atoms with Crippen molar-refractivity contribution < 1.29 is 12.8 Å². The van der Waals surface area contributed by atoms with Crippen LogP contribution >= 0.6 is 11.6 Å². The van der Waals surface area contributed by atoms with Gasteiger partial charge in [0.2, 0.25) is 0 Å². The molecule has 2 aromatic rings. The molecule has 0 N–H and O–H groups in total. The SMILES string of the molecule is CN(c1ccccc1)S(=O)(=O)c1cc(F)ccc1CCl. The van der Waals surface area contributed by atoms with Crippen molar-refractivity contribution in [3.63, 3.8) is 0 Å². The van der Waals surface area contributed by atoms with Gasteiger partial charge in [-0.25, -0.2) is 12.8 Å². The summed E-state index contributed by atoms with van der Waals surface area (Å²) in [5.41, 5.74) is 0.869. The van der Waals surface area contributed by atoms with Crippen molar-refractivity contribution in [3.8, 4) is 0 Å². The van der Waals surface area contributed by atoms with Gasteiger partial charge in [-0.05, 0) is 29.8 Å². The molecule has 0 aliphatic heterocycles. The summed E-state index contributed by atoms with van der Waals surface area (Å²) in [6.45, 7) is 0. The van der Waals surface area contributed by atoms with E-state index in [9.17, 15) is 12.8 Å². The van der Waals surface area contributed by atoms with Crippen LogP contribution in [0.15, 0.2) is 53.4 Å². The van der Waals surface area contributed by atoms with Gasteiger partial charge in [0.15, 0.2) is 0 Å². The second-order valence-electron chi connectivity index (χ2n) is 4.19. The molecule has 106 valence electrons. The average molecular weight is 314 g/mol. The molecule has 0 radical (unpaired) electrons. The summed E-state index contributed by atoms with van der Waals surface area (Å²) in [5.74, 6) is -0.615. The number of benzene rings is 2. The Labute approximate surface area is 122 Å². The third-order valence-corrected chi connectivity index (χ3v) is 5.09. The van der Waals surface area contributed by atoms with E-state index < -0.39 is 15.8 Å². The Morgan fingerprint density at radius 1 is 1.15 bits per heavy atom. The molecule has 0 aliphatic carbocycles. The van der Waals surface area contributed by atoms with Gasteiger partial charge in [0, 0.05) is 12.9 Å². The van der Waals surface area contributed by atoms with Crippen LogP contribution < -0.4 is 4.31 Å². The van der Waals surface area contributed by atoms with Gasteiger partial charge in [-0.15, -0.1) is 11.6 Å². The van der Waals surface area contributed by atoms with Gasteiger partial charge in [-0.1, -0.05) is 24.3 Å². The Morgan fingerprint density at radius 3 is 2.40 bits per heavy atom. The topological polar surface area (TPSA) is 37.4 Å². The maximum Gasteiger partial charge on any atom is 0.264 e. The quantitative estimate of drug-likeness (QED) is 0.811. The lowest BCUT2D eigenvalue weighted by molar-refractivity contribution is 0.588. The van der Waals surface area contributed by atoms with Crippen LogP contribution in [0.1, 0.15) is 5.56 Å². The van der Waals surface area contributed by atoms with Crippen molar-refractivity contribution in [1.82, 2.24) is 0 Å². The fourth-order valence-electron chi connectivity index (χ4n) is 1.80. The zero-order chi connectivity index (χ0) is 14.8. The van der Waals surface area contributed by atoms with Crippen LogP contribution in [0.2, 0.25) is 0 Å². The molecule has 20 heavy (non-hydrogen) atoms. The summed E-state index contributed by atoms with van der Waals surface area (Å²) in [4.78, 5) is -0.112. The van der Waals surface area contributed by atoms with Crippen molar-refractivity contribution in [2.75, 3.05) is 11.4 Å². The first kappa shape index (κ1) is 14.8. The van der Waals surface area contributed by atoms with E-state index in [1.54, 1.807) is 30.3 Å². The highest BCUT2D eigenvalue weighted by molar-refractivity contribution is 7.92. The minimum absolute atomic E-state index is 0.00251. The fourth-order valence-corrected chi connectivity index (χ4v) is 3.54. The summed E-state index contributed by atoms with van der Waals surface area (Å²) in [5, 5.41) is 0. The van der Waals surface area contributed by atoms with E-state index in [-0.39, 0.29) is 10.8 Å². The maximum atomic E-state index is 13.4. The predicted octanol–water partition coefficient (Wildman–Crippen LogP) is 3.39. The summed E-state index contributed by atoms with van der Waals surface area (Å²) >= 11 is 5.74. The van der Waals surface area contributed by atoms with Gasteiger partial charge >= 0.3 is 0 Å². The molecule has 0 fully saturated rings. The van der Waals surface area contributed by atoms with Gasteiger partial charge in [-0.2, -0.15) is 0 Å². The van der Waals surface area contributed by atoms with Gasteiger partial charge in [0.25, 0.3) is 10.0 Å². The lowest BCUT2D eigenvalue weighted by Crippen LogP contribution is -2.27. The highest BCUT2D eigenvalue weighted by Gasteiger charge is 2.24. The van der Waals surface area contributed by atoms with Crippen LogP contribution in [-0.2, 0) is 15.9 Å². The number of halogens is 2. The standard InChI is InChI=1S/C14H13ClFNO2S/c1-17(13-5-3-2-4-6-13)20(18,19)14-9-12(16)8-7-11(14)10-15/h2-9H,10H2,1H3. The van der Waals surface area contributed by atoms with Crippen molar-refractivity contribution in [3.05, 3.63) is 59.9 Å². The number of sulfonamides is 1. The summed E-state index contributed by atoms with van der Waals surface area (Å²) < 4.78 is 39.6. The van der Waals surface area contributed by atoms with E-state index >= 15 is 0 Å². The number of anilines is 1. The minimum atomic E-state index is -3.85. The van der Waals surface area contributed by atoms with Crippen LogP contribution in [0.4, 0.5) is 10.1 Å². The molecule has 0 bridgehead atoms. The molecule has 0 aromatic heterocycles. The van der Waals surface area contributed by atoms with Gasteiger partial charge in [0.05, 0.1) is 10.6 Å². The third kappa shape index (κ3) is 2.78. The Bertz CT molecular complexity index is 704. The summed E-state index contributed by atoms with van der Waals surface area (Å²) in [7, 11) is -2.42. The number of hydrogen-bond donors (Lipinski definition) is 0. The molecule has 6 heteroatoms. The van der Waals surface area contributed by atoms with E-state index in [1.165, 1.54) is 19.2 Å². The van der Waals surface area contributed by atoms with Gasteiger partial charge in [0.1, 0.15) is 5.82 Å². The van der Waals surface area contributed by atoms with Crippen LogP contribution in [0, 0.1) is 5.82 Å². The Balaban J connectivity index is 2.53. The van der Waals surface area contributed by atoms with E-state index in [0.29, 0.717) is 11.3 Å². The summed E-state index contributed by atoms with van der Waals surface area (Å²) in [6, 6.07) is 12.1. The summed E-state index contributed by atoms with van der Waals surface area (Å²) in [6.07, 6.45) is 0. The number of hydrogen-bond acceptors (Lipinski definition) is 2. The first-order chi connectivity index (χ1) is 9.46. The highest BCUT2D eigenvalue weighted by Crippen LogP contribution is 2.26. The largest absolute Gasteiger partial charge is 0.269 e. The third-order valence-electron chi connectivity index (χ3n) is 2.93. The molecule has 2 aromatic carbocycles. The maximum absolute atomic E-state index is 13.4. The van der Waals surface area contributed by atoms with Gasteiger partial charge in [-0.3, -0.25) is 4.31 Å². The molecule has 0 aliphatic rings. The second kappa shape index (κ2) is 5.81. The first-order valence-electron chi connectivity index (χ1n) is 5.85. The number of alkyl halides is 1. The lowest BCUT2D eigenvalue weighted by Gasteiger charge is -2.20. The minimum Gasteiger partial charge on any atom is -0.269 e. The first-order valence-corrected chi connectivity index (χ1v) is 7.82. The normalized spacial score (nSPS) is 11.3. The fraction of sp³-hybridized carbons (Fsp3) is 0.143. The molecular formula is C14H13ClFNO2S. The molecular weight excluding hydrogens is 301 g/mol. The van der Waals surface area contributed by atoms with Crippen molar-refractivity contribution >= 4 is 27.3 Å². The Hall–Kier alpha value is -1.59. The number of rotatable bonds is 4. The molecule has 2 rings (SSSR count). The lowest BCUT2D eigenvalue weighted by atomic mass is 10.2. The molecule has 3 nitrogen and oxygen atoms in total. The van der Waals surface area contributed by atoms with E-state index in [0.717, 1.165) is 10.4 Å². The van der Waals surface area contributed by atoms with E-state index in [4.69, 9.17) is 11.6 Å². The van der Waals surface area contributed by atoms with E-state index in [1.807, 2.05) is 0 Å². The zero-order valence-electron chi connectivity index (χ0n) is 10.8. The van der Waals surface area contributed by atoms with Crippen molar-refractivity contribution in [2.45, 2.75) is 10.8 Å². The van der Waals surface area contributed by atoms with E-state index in [2.05, 4.69) is 0 Å². The molecule has 0 amide bonds. The zero-order valence-corrected chi connectivity index (χ0v) is 12.3. The average Bonchev–Trinajstić information content (AvgIpc) is 2.47. The molecule has 0 atom stereocenters. The van der Waals surface area contributed by atoms with Crippen LogP contribution in [0.3, 0.4) is 0 Å². The van der Waals surface area contributed by atoms with Crippen LogP contribution in [0.25, 0.3) is 0 Å². The number of nitrogens with zero attached hydrogens (tertiary/aromatic N) is 1. The second-order valence-corrected chi connectivity index (χ2v) is 6.40. The molecule has 0 saturated heterocycles. The monoisotopic (exact) mass is 313 g/mol. The number of para-hydroxylation sites is 1. The van der Waals surface area contributed by atoms with Crippen molar-refractivity contribution in [1.29, 1.82) is 0 Å². The van der Waals surface area contributed by atoms with Crippen molar-refractivity contribution in [2.24, 2.45) is 0 Å². The molecule has 0 spiro atoms. The molecule has 0 unspecified atom stereocenters. The van der Waals surface area contributed by atoms with Crippen LogP contribution in [-0.4, -0.2) is 15.5 Å². The van der Waals surface area contributed by atoms with Crippen LogP contribution in [0.5, 0.6) is 0 Å². The van der Waals surface area contributed by atoms with Gasteiger partial charge < -0.3 is 0 Å².